The summed E-state index contributed by atoms with van der Waals surface area (Å²) in [6.07, 6.45) is 0. The fourth-order valence-corrected chi connectivity index (χ4v) is 5.17. The number of piperazine rings is 1. The van der Waals surface area contributed by atoms with Gasteiger partial charge >= 0.3 is 0 Å². The van der Waals surface area contributed by atoms with E-state index in [1.54, 1.807) is 8.99 Å². The van der Waals surface area contributed by atoms with E-state index in [2.05, 4.69) is 15.3 Å². The molecular weight excluding hydrogens is 378 g/mol. The van der Waals surface area contributed by atoms with Gasteiger partial charge in [-0.1, -0.05) is 41.7 Å². The molecule has 1 aromatic heterocycles. The van der Waals surface area contributed by atoms with Gasteiger partial charge in [0.25, 0.3) is 0 Å². The third kappa shape index (κ3) is 4.64. The minimum Gasteiger partial charge on any atom is -0.363 e. The zero-order chi connectivity index (χ0) is 17.9. The van der Waals surface area contributed by atoms with Crippen molar-refractivity contribution in [2.75, 3.05) is 38.5 Å². The number of benzene rings is 1. The van der Waals surface area contributed by atoms with Crippen LogP contribution in [0.4, 0.5) is 5.13 Å². The normalized spacial score (nSPS) is 16.8. The van der Waals surface area contributed by atoms with E-state index in [1.807, 2.05) is 37.4 Å². The van der Waals surface area contributed by atoms with E-state index in [0.29, 0.717) is 36.8 Å². The van der Waals surface area contributed by atoms with Crippen LogP contribution in [-0.2, 0) is 22.4 Å². The van der Waals surface area contributed by atoms with Gasteiger partial charge in [-0.2, -0.15) is 4.31 Å². The van der Waals surface area contributed by atoms with Crippen LogP contribution in [0.5, 0.6) is 0 Å². The van der Waals surface area contributed by atoms with Crippen molar-refractivity contribution in [3.05, 3.63) is 39.8 Å². The van der Waals surface area contributed by atoms with Crippen LogP contribution < -0.4 is 5.32 Å². The summed E-state index contributed by atoms with van der Waals surface area (Å²) in [6, 6.07) is 9.30. The number of nitrogens with one attached hydrogen (secondary N) is 1. The van der Waals surface area contributed by atoms with E-state index in [-0.39, 0.29) is 5.75 Å². The van der Waals surface area contributed by atoms with Gasteiger partial charge in [0.15, 0.2) is 3.95 Å². The maximum atomic E-state index is 12.6. The number of sulfonamides is 1. The van der Waals surface area contributed by atoms with Crippen LogP contribution in [0.15, 0.2) is 30.3 Å². The Morgan fingerprint density at radius 1 is 1.20 bits per heavy atom. The molecule has 0 spiro atoms. The van der Waals surface area contributed by atoms with E-state index in [4.69, 9.17) is 12.2 Å². The van der Waals surface area contributed by atoms with Gasteiger partial charge in [-0.25, -0.2) is 13.1 Å². The average molecular weight is 400 g/mol. The van der Waals surface area contributed by atoms with Crippen LogP contribution in [0, 0.1) is 3.95 Å². The van der Waals surface area contributed by atoms with E-state index in [9.17, 15) is 8.42 Å². The molecule has 1 aromatic carbocycles. The van der Waals surface area contributed by atoms with Crippen molar-refractivity contribution in [1.82, 2.24) is 19.0 Å². The third-order valence-electron chi connectivity index (χ3n) is 4.07. The van der Waals surface area contributed by atoms with Gasteiger partial charge in [0.1, 0.15) is 0 Å². The van der Waals surface area contributed by atoms with Crippen LogP contribution in [0.2, 0.25) is 0 Å². The molecule has 10 heteroatoms. The maximum absolute atomic E-state index is 12.6. The molecule has 1 aliphatic rings. The summed E-state index contributed by atoms with van der Waals surface area (Å²) in [6.45, 7) is 2.91. The first kappa shape index (κ1) is 18.5. The van der Waals surface area contributed by atoms with Crippen LogP contribution in [0.1, 0.15) is 5.56 Å². The second-order valence-electron chi connectivity index (χ2n) is 5.82. The standard InChI is InChI=1S/C15H21N5O2S3/c1-16-14-17-20(15(23)24-14)12-18-7-9-19(10-8-18)25(21,22)11-13-5-3-2-4-6-13/h2-6H,7-12H2,1H3,(H,16,17). The van der Waals surface area contributed by atoms with Gasteiger partial charge in [-0.05, 0) is 17.8 Å². The minimum atomic E-state index is -3.28. The van der Waals surface area contributed by atoms with Crippen molar-refractivity contribution in [3.8, 4) is 0 Å². The summed E-state index contributed by atoms with van der Waals surface area (Å²) in [4.78, 5) is 2.17. The molecular formula is C15H21N5O2S3. The lowest BCUT2D eigenvalue weighted by atomic mass is 10.2. The van der Waals surface area contributed by atoms with Crippen molar-refractivity contribution in [2.24, 2.45) is 0 Å². The van der Waals surface area contributed by atoms with Crippen molar-refractivity contribution in [3.63, 3.8) is 0 Å². The van der Waals surface area contributed by atoms with E-state index in [0.717, 1.165) is 10.7 Å². The first-order valence-electron chi connectivity index (χ1n) is 7.98. The Morgan fingerprint density at radius 3 is 2.48 bits per heavy atom. The number of rotatable bonds is 6. The molecule has 7 nitrogen and oxygen atoms in total. The molecule has 2 aromatic rings. The molecule has 0 atom stereocenters. The Labute approximate surface area is 156 Å². The lowest BCUT2D eigenvalue weighted by Crippen LogP contribution is -2.49. The maximum Gasteiger partial charge on any atom is 0.218 e. The SMILES string of the molecule is CNc1nn(CN2CCN(S(=O)(=O)Cc3ccccc3)CC2)c(=S)s1. The van der Waals surface area contributed by atoms with E-state index < -0.39 is 10.0 Å². The van der Waals surface area contributed by atoms with Crippen molar-refractivity contribution >= 4 is 38.7 Å². The van der Waals surface area contributed by atoms with Crippen molar-refractivity contribution in [1.29, 1.82) is 0 Å². The summed E-state index contributed by atoms with van der Waals surface area (Å²) in [5, 5.41) is 8.17. The summed E-state index contributed by atoms with van der Waals surface area (Å²) >= 11 is 6.74. The lowest BCUT2D eigenvalue weighted by molar-refractivity contribution is 0.145. The first-order valence-corrected chi connectivity index (χ1v) is 10.8. The summed E-state index contributed by atoms with van der Waals surface area (Å²) in [5.41, 5.74) is 0.818. The fraction of sp³-hybridized carbons (Fsp3) is 0.467. The fourth-order valence-electron chi connectivity index (χ4n) is 2.71. The van der Waals surface area contributed by atoms with E-state index in [1.165, 1.54) is 11.3 Å². The quantitative estimate of drug-likeness (QED) is 0.747. The Hall–Kier alpha value is -1.33. The molecule has 0 amide bonds. The molecule has 136 valence electrons. The van der Waals surface area contributed by atoms with Gasteiger partial charge in [0, 0.05) is 33.2 Å². The number of hydrogen-bond donors (Lipinski definition) is 1. The highest BCUT2D eigenvalue weighted by Gasteiger charge is 2.27. The number of anilines is 1. The monoisotopic (exact) mass is 399 g/mol. The first-order chi connectivity index (χ1) is 12.0. The minimum absolute atomic E-state index is 0.0521. The van der Waals surface area contributed by atoms with Crippen LogP contribution in [0.25, 0.3) is 0 Å². The Bertz CT molecular complexity index is 855. The highest BCUT2D eigenvalue weighted by atomic mass is 32.2. The Balaban J connectivity index is 1.57. The molecule has 2 heterocycles. The van der Waals surface area contributed by atoms with Gasteiger partial charge in [0.05, 0.1) is 12.4 Å². The molecule has 0 saturated carbocycles. The second-order valence-corrected chi connectivity index (χ2v) is 9.41. The van der Waals surface area contributed by atoms with Gasteiger partial charge in [-0.3, -0.25) is 4.90 Å². The molecule has 1 aliphatic heterocycles. The zero-order valence-electron chi connectivity index (χ0n) is 14.0. The summed E-state index contributed by atoms with van der Waals surface area (Å²) in [5.74, 6) is 0.0521. The molecule has 1 N–H and O–H groups in total. The second kappa shape index (κ2) is 7.92. The topological polar surface area (TPSA) is 70.5 Å². The molecule has 3 rings (SSSR count). The largest absolute Gasteiger partial charge is 0.363 e. The zero-order valence-corrected chi connectivity index (χ0v) is 16.4. The van der Waals surface area contributed by atoms with Gasteiger partial charge in [-0.15, -0.1) is 5.10 Å². The molecule has 0 bridgehead atoms. The molecule has 1 fully saturated rings. The smallest absolute Gasteiger partial charge is 0.218 e. The summed E-state index contributed by atoms with van der Waals surface area (Å²) < 4.78 is 29.2. The highest BCUT2D eigenvalue weighted by Crippen LogP contribution is 2.16. The van der Waals surface area contributed by atoms with Crippen molar-refractivity contribution < 1.29 is 8.42 Å². The summed E-state index contributed by atoms with van der Waals surface area (Å²) in [7, 11) is -1.47. The Kier molecular flexibility index (Phi) is 5.85. The van der Waals surface area contributed by atoms with Crippen LogP contribution in [0.3, 0.4) is 0 Å². The van der Waals surface area contributed by atoms with Crippen LogP contribution >= 0.6 is 23.6 Å². The predicted octanol–water partition coefficient (Wildman–Crippen LogP) is 1.82. The highest BCUT2D eigenvalue weighted by molar-refractivity contribution is 7.88. The number of nitrogens with zero attached hydrogens (tertiary/aromatic N) is 4. The van der Waals surface area contributed by atoms with Crippen molar-refractivity contribution in [2.45, 2.75) is 12.4 Å². The third-order valence-corrected chi connectivity index (χ3v) is 7.25. The lowest BCUT2D eigenvalue weighted by Gasteiger charge is -2.33. The molecule has 0 radical (unpaired) electrons. The number of hydrogen-bond acceptors (Lipinski definition) is 7. The molecule has 25 heavy (non-hydrogen) atoms. The molecule has 0 aliphatic carbocycles. The van der Waals surface area contributed by atoms with Gasteiger partial charge in [0.2, 0.25) is 15.2 Å². The predicted molar refractivity (Wildman–Crippen MR) is 103 cm³/mol. The van der Waals surface area contributed by atoms with Crippen LogP contribution in [-0.4, -0.2) is 60.6 Å². The average Bonchev–Trinajstić information content (AvgIpc) is 2.96. The number of aromatic nitrogens is 2. The van der Waals surface area contributed by atoms with E-state index >= 15 is 0 Å². The Morgan fingerprint density at radius 2 is 1.88 bits per heavy atom. The van der Waals surface area contributed by atoms with Gasteiger partial charge < -0.3 is 5.32 Å². The molecule has 0 unspecified atom stereocenters. The molecule has 1 saturated heterocycles.